The summed E-state index contributed by atoms with van der Waals surface area (Å²) < 4.78 is 41.5. The van der Waals surface area contributed by atoms with E-state index in [4.69, 9.17) is 15.2 Å². The monoisotopic (exact) mass is 406 g/mol. The first kappa shape index (κ1) is 20.3. The molecule has 6 nitrogen and oxygen atoms in total. The Morgan fingerprint density at radius 3 is 2.79 bits per heavy atom. The number of hydrogen-bond acceptors (Lipinski definition) is 5. The zero-order valence-corrected chi connectivity index (χ0v) is 17.1. The second-order valence-electron chi connectivity index (χ2n) is 8.06. The highest BCUT2D eigenvalue weighted by atomic mass is 19.1. The third-order valence-electron chi connectivity index (χ3n) is 5.74. The summed E-state index contributed by atoms with van der Waals surface area (Å²) in [4.78, 5) is 6.98. The van der Waals surface area contributed by atoms with Crippen molar-refractivity contribution in [3.05, 3.63) is 46.8 Å². The van der Waals surface area contributed by atoms with Gasteiger partial charge in [-0.05, 0) is 45.4 Å². The van der Waals surface area contributed by atoms with Crippen molar-refractivity contribution < 1.29 is 18.3 Å². The third-order valence-corrected chi connectivity index (χ3v) is 5.74. The predicted molar refractivity (Wildman–Crippen MR) is 104 cm³/mol. The lowest BCUT2D eigenvalue weighted by Crippen LogP contribution is -2.47. The molecule has 2 N–H and O–H groups in total. The summed E-state index contributed by atoms with van der Waals surface area (Å²) in [5.74, 6) is -0.978. The normalized spacial score (nSPS) is 24.9. The van der Waals surface area contributed by atoms with Gasteiger partial charge in [-0.1, -0.05) is 0 Å². The van der Waals surface area contributed by atoms with Crippen molar-refractivity contribution in [3.63, 3.8) is 0 Å². The molecule has 0 saturated carbocycles. The van der Waals surface area contributed by atoms with Crippen LogP contribution in [-0.4, -0.2) is 39.7 Å². The fraction of sp³-hybridized carbons (Fsp3) is 0.571. The summed E-state index contributed by atoms with van der Waals surface area (Å²) in [7, 11) is 0. The van der Waals surface area contributed by atoms with E-state index in [1.54, 1.807) is 0 Å². The molecule has 0 aliphatic carbocycles. The largest absolute Gasteiger partial charge is 0.465 e. The Labute approximate surface area is 169 Å². The Morgan fingerprint density at radius 2 is 2.10 bits per heavy atom. The van der Waals surface area contributed by atoms with Crippen LogP contribution in [0.2, 0.25) is 0 Å². The first-order valence-corrected chi connectivity index (χ1v) is 10.2. The number of rotatable bonds is 5. The first-order valence-electron chi connectivity index (χ1n) is 10.2. The van der Waals surface area contributed by atoms with Crippen molar-refractivity contribution in [1.82, 2.24) is 14.5 Å². The van der Waals surface area contributed by atoms with Crippen LogP contribution in [0.5, 0.6) is 6.01 Å². The minimum Gasteiger partial charge on any atom is -0.465 e. The second kappa shape index (κ2) is 8.01. The van der Waals surface area contributed by atoms with Gasteiger partial charge in [-0.25, -0.2) is 8.78 Å². The number of ether oxygens (including phenoxy) is 2. The van der Waals surface area contributed by atoms with Gasteiger partial charge >= 0.3 is 0 Å². The van der Waals surface area contributed by atoms with Crippen LogP contribution >= 0.6 is 0 Å². The average Bonchev–Trinajstić information content (AvgIpc) is 3.21. The van der Waals surface area contributed by atoms with Gasteiger partial charge in [0.1, 0.15) is 17.7 Å². The minimum atomic E-state index is -0.640. The fourth-order valence-electron chi connectivity index (χ4n) is 4.40. The van der Waals surface area contributed by atoms with Crippen LogP contribution in [0, 0.1) is 11.6 Å². The van der Waals surface area contributed by atoms with E-state index < -0.39 is 23.8 Å². The van der Waals surface area contributed by atoms with Crippen LogP contribution in [0.3, 0.4) is 0 Å². The van der Waals surface area contributed by atoms with Gasteiger partial charge in [0.15, 0.2) is 0 Å². The van der Waals surface area contributed by atoms with E-state index in [0.29, 0.717) is 32.2 Å². The Hall–Kier alpha value is -2.03. The molecule has 0 radical (unpaired) electrons. The number of hydrogen-bond donors (Lipinski definition) is 1. The van der Waals surface area contributed by atoms with Crippen LogP contribution in [-0.2, 0) is 17.8 Å². The summed E-state index contributed by atoms with van der Waals surface area (Å²) in [5.41, 5.74) is 8.70. The van der Waals surface area contributed by atoms with E-state index in [-0.39, 0.29) is 17.6 Å². The SMILES string of the molecule is CCOc1nc2c(n1C(C)C)CN([C@H]1CO[C@H](c3cc(F)ccc3F)[C@@H](N)C1)C2. The van der Waals surface area contributed by atoms with Crippen molar-refractivity contribution in [2.45, 2.75) is 64.5 Å². The van der Waals surface area contributed by atoms with Crippen LogP contribution in [0.25, 0.3) is 0 Å². The topological polar surface area (TPSA) is 65.5 Å². The van der Waals surface area contributed by atoms with Crippen LogP contribution in [0.1, 0.15) is 56.3 Å². The van der Waals surface area contributed by atoms with Gasteiger partial charge in [-0.15, -0.1) is 0 Å². The number of aromatic nitrogens is 2. The highest BCUT2D eigenvalue weighted by molar-refractivity contribution is 5.26. The molecular weight excluding hydrogens is 378 g/mol. The predicted octanol–water partition coefficient (Wildman–Crippen LogP) is 3.31. The fourth-order valence-corrected chi connectivity index (χ4v) is 4.40. The number of benzene rings is 1. The zero-order chi connectivity index (χ0) is 20.7. The maximum absolute atomic E-state index is 14.1. The molecule has 1 aromatic carbocycles. The Bertz CT molecular complexity index is 886. The zero-order valence-electron chi connectivity index (χ0n) is 17.1. The van der Waals surface area contributed by atoms with Crippen LogP contribution in [0.4, 0.5) is 8.78 Å². The second-order valence-corrected chi connectivity index (χ2v) is 8.06. The highest BCUT2D eigenvalue weighted by Crippen LogP contribution is 2.36. The Kier molecular flexibility index (Phi) is 5.59. The van der Waals surface area contributed by atoms with E-state index in [1.165, 1.54) is 6.07 Å². The molecule has 2 aliphatic rings. The Morgan fingerprint density at radius 1 is 1.31 bits per heavy atom. The average molecular weight is 406 g/mol. The summed E-state index contributed by atoms with van der Waals surface area (Å²) in [6, 6.07) is 4.01. The number of halogens is 2. The maximum Gasteiger partial charge on any atom is 0.297 e. The van der Waals surface area contributed by atoms with Gasteiger partial charge in [0, 0.05) is 36.8 Å². The summed E-state index contributed by atoms with van der Waals surface area (Å²) in [6.07, 6.45) is 0.00402. The molecule has 2 aromatic rings. The van der Waals surface area contributed by atoms with E-state index in [1.807, 2.05) is 6.92 Å². The molecule has 29 heavy (non-hydrogen) atoms. The number of nitrogens with zero attached hydrogens (tertiary/aromatic N) is 3. The molecule has 0 spiro atoms. The Balaban J connectivity index is 1.47. The molecule has 1 saturated heterocycles. The number of imidazole rings is 1. The highest BCUT2D eigenvalue weighted by Gasteiger charge is 2.38. The van der Waals surface area contributed by atoms with Crippen molar-refractivity contribution in [3.8, 4) is 6.01 Å². The molecule has 1 aromatic heterocycles. The lowest BCUT2D eigenvalue weighted by atomic mass is 9.93. The first-order chi connectivity index (χ1) is 13.9. The molecule has 0 unspecified atom stereocenters. The molecule has 3 atom stereocenters. The minimum absolute atomic E-state index is 0.100. The van der Waals surface area contributed by atoms with E-state index in [0.717, 1.165) is 30.1 Å². The van der Waals surface area contributed by atoms with Gasteiger partial charge in [0.25, 0.3) is 6.01 Å². The molecule has 0 amide bonds. The quantitative estimate of drug-likeness (QED) is 0.825. The summed E-state index contributed by atoms with van der Waals surface area (Å²) >= 11 is 0. The summed E-state index contributed by atoms with van der Waals surface area (Å²) in [5, 5.41) is 0. The van der Waals surface area contributed by atoms with Crippen molar-refractivity contribution in [2.75, 3.05) is 13.2 Å². The van der Waals surface area contributed by atoms with Gasteiger partial charge < -0.3 is 15.2 Å². The molecule has 1 fully saturated rings. The maximum atomic E-state index is 14.1. The molecule has 3 heterocycles. The van der Waals surface area contributed by atoms with Crippen molar-refractivity contribution in [2.24, 2.45) is 5.73 Å². The smallest absolute Gasteiger partial charge is 0.297 e. The van der Waals surface area contributed by atoms with Crippen molar-refractivity contribution in [1.29, 1.82) is 0 Å². The van der Waals surface area contributed by atoms with Gasteiger partial charge in [-0.3, -0.25) is 9.47 Å². The molecule has 2 aliphatic heterocycles. The van der Waals surface area contributed by atoms with E-state index in [2.05, 4.69) is 28.3 Å². The van der Waals surface area contributed by atoms with Gasteiger partial charge in [0.05, 0.1) is 24.6 Å². The van der Waals surface area contributed by atoms with Crippen molar-refractivity contribution >= 4 is 0 Å². The number of nitrogens with two attached hydrogens (primary N) is 1. The summed E-state index contributed by atoms with van der Waals surface area (Å²) in [6.45, 7) is 8.63. The molecule has 158 valence electrons. The van der Waals surface area contributed by atoms with E-state index >= 15 is 0 Å². The van der Waals surface area contributed by atoms with Crippen LogP contribution in [0.15, 0.2) is 18.2 Å². The lowest BCUT2D eigenvalue weighted by Gasteiger charge is -2.38. The molecule has 0 bridgehead atoms. The third kappa shape index (κ3) is 3.76. The molecule has 4 rings (SSSR count). The molecule has 8 heteroatoms. The lowest BCUT2D eigenvalue weighted by molar-refractivity contribution is -0.0536. The number of fused-ring (bicyclic) bond motifs is 1. The standard InChI is InChI=1S/C21H28F2N4O2/c1-4-28-21-25-18-9-26(10-19(18)27(21)12(2)3)14-8-17(24)20(29-11-14)15-7-13(22)5-6-16(15)23/h5-7,12,14,17,20H,4,8-11,24H2,1-3H3/t14-,17+,20-/m1/s1. The van der Waals surface area contributed by atoms with Crippen LogP contribution < -0.4 is 10.5 Å². The molecular formula is C21H28F2N4O2. The van der Waals surface area contributed by atoms with Gasteiger partial charge in [0.2, 0.25) is 0 Å². The van der Waals surface area contributed by atoms with Gasteiger partial charge in [-0.2, -0.15) is 4.98 Å². The van der Waals surface area contributed by atoms with E-state index in [9.17, 15) is 8.78 Å².